The number of carbonyl (C=O) groups is 1. The first-order chi connectivity index (χ1) is 9.20. The number of rotatable bonds is 6. The van der Waals surface area contributed by atoms with Crippen molar-refractivity contribution in [3.63, 3.8) is 0 Å². The molecule has 0 aliphatic carbocycles. The molecule has 0 radical (unpaired) electrons. The summed E-state index contributed by atoms with van der Waals surface area (Å²) in [6.45, 7) is 0.104. The van der Waals surface area contributed by atoms with E-state index in [4.69, 9.17) is 15.6 Å². The minimum Gasteiger partial charge on any atom is -0.482 e. The number of hydrogen-bond acceptors (Lipinski definition) is 4. The fourth-order valence-corrected chi connectivity index (χ4v) is 1.81. The van der Waals surface area contributed by atoms with Gasteiger partial charge in [0.15, 0.2) is 6.61 Å². The molecule has 0 amide bonds. The molecule has 1 aromatic heterocycles. The van der Waals surface area contributed by atoms with E-state index in [-0.39, 0.29) is 12.6 Å². The Balaban J connectivity index is 2.10. The van der Waals surface area contributed by atoms with E-state index in [9.17, 15) is 4.79 Å². The highest BCUT2D eigenvalue weighted by molar-refractivity contribution is 5.68. The summed E-state index contributed by atoms with van der Waals surface area (Å²) in [7, 11) is 0. The van der Waals surface area contributed by atoms with Crippen LogP contribution in [0.1, 0.15) is 11.6 Å². The summed E-state index contributed by atoms with van der Waals surface area (Å²) in [5.74, 6) is -0.477. The predicted octanol–water partition coefficient (Wildman–Crippen LogP) is 0.895. The van der Waals surface area contributed by atoms with Crippen molar-refractivity contribution < 1.29 is 14.6 Å². The topological polar surface area (TPSA) is 90.4 Å². The molecular formula is C13H15N3O3. The standard InChI is InChI=1S/C13H15N3O3/c14-7-12(16-6-5-15-9-16)10-1-3-11(4-2-10)19-8-13(17)18/h1-6,9,12H,7-8,14H2,(H,17,18). The minimum absolute atomic E-state index is 0.0102. The third kappa shape index (κ3) is 3.32. The Hall–Kier alpha value is -2.34. The van der Waals surface area contributed by atoms with E-state index in [1.165, 1.54) is 0 Å². The second-order valence-corrected chi connectivity index (χ2v) is 4.01. The van der Waals surface area contributed by atoms with Crippen molar-refractivity contribution in [1.82, 2.24) is 9.55 Å². The molecule has 0 spiro atoms. The molecule has 3 N–H and O–H groups in total. The molecule has 19 heavy (non-hydrogen) atoms. The number of nitrogens with zero attached hydrogens (tertiary/aromatic N) is 2. The Bertz CT molecular complexity index is 523. The van der Waals surface area contributed by atoms with E-state index in [1.54, 1.807) is 24.7 Å². The van der Waals surface area contributed by atoms with E-state index in [1.807, 2.05) is 22.9 Å². The second-order valence-electron chi connectivity index (χ2n) is 4.01. The van der Waals surface area contributed by atoms with E-state index in [0.29, 0.717) is 12.3 Å². The van der Waals surface area contributed by atoms with Crippen LogP contribution in [0.4, 0.5) is 0 Å². The predicted molar refractivity (Wildman–Crippen MR) is 69.0 cm³/mol. The maximum Gasteiger partial charge on any atom is 0.341 e. The highest BCUT2D eigenvalue weighted by Gasteiger charge is 2.11. The van der Waals surface area contributed by atoms with Gasteiger partial charge in [-0.1, -0.05) is 12.1 Å². The SMILES string of the molecule is NCC(c1ccc(OCC(=O)O)cc1)n1ccnc1. The zero-order valence-electron chi connectivity index (χ0n) is 10.3. The molecule has 100 valence electrons. The van der Waals surface area contributed by atoms with E-state index in [0.717, 1.165) is 5.56 Å². The Kier molecular flexibility index (Phi) is 4.15. The normalized spacial score (nSPS) is 12.1. The summed E-state index contributed by atoms with van der Waals surface area (Å²) in [6, 6.07) is 7.22. The van der Waals surface area contributed by atoms with Crippen LogP contribution in [0.15, 0.2) is 43.0 Å². The molecule has 0 saturated heterocycles. The lowest BCUT2D eigenvalue weighted by molar-refractivity contribution is -0.139. The Morgan fingerprint density at radius 3 is 2.68 bits per heavy atom. The number of carboxylic acid groups (broad SMARTS) is 1. The first-order valence-electron chi connectivity index (χ1n) is 5.82. The zero-order valence-corrected chi connectivity index (χ0v) is 10.3. The molecule has 1 heterocycles. The van der Waals surface area contributed by atoms with Gasteiger partial charge in [0.05, 0.1) is 12.4 Å². The third-order valence-electron chi connectivity index (χ3n) is 2.74. The van der Waals surface area contributed by atoms with Crippen molar-refractivity contribution in [2.75, 3.05) is 13.2 Å². The maximum atomic E-state index is 10.4. The van der Waals surface area contributed by atoms with Gasteiger partial charge in [-0.2, -0.15) is 0 Å². The zero-order chi connectivity index (χ0) is 13.7. The lowest BCUT2D eigenvalue weighted by Gasteiger charge is -2.17. The van der Waals surface area contributed by atoms with Crippen molar-refractivity contribution in [2.45, 2.75) is 6.04 Å². The summed E-state index contributed by atoms with van der Waals surface area (Å²) < 4.78 is 7.00. The molecule has 0 aliphatic heterocycles. The molecule has 1 atom stereocenters. The average molecular weight is 261 g/mol. The number of ether oxygens (including phenoxy) is 1. The van der Waals surface area contributed by atoms with Gasteiger partial charge in [-0.15, -0.1) is 0 Å². The van der Waals surface area contributed by atoms with Gasteiger partial charge in [0.1, 0.15) is 5.75 Å². The summed E-state index contributed by atoms with van der Waals surface area (Å²) >= 11 is 0. The van der Waals surface area contributed by atoms with Crippen LogP contribution in [0.5, 0.6) is 5.75 Å². The molecular weight excluding hydrogens is 246 g/mol. The van der Waals surface area contributed by atoms with Gasteiger partial charge in [-0.05, 0) is 17.7 Å². The van der Waals surface area contributed by atoms with Gasteiger partial charge in [0.25, 0.3) is 0 Å². The van der Waals surface area contributed by atoms with Crippen LogP contribution < -0.4 is 10.5 Å². The Morgan fingerprint density at radius 1 is 1.42 bits per heavy atom. The molecule has 0 fully saturated rings. The lowest BCUT2D eigenvalue weighted by Crippen LogP contribution is -2.19. The van der Waals surface area contributed by atoms with Crippen LogP contribution in [0.2, 0.25) is 0 Å². The van der Waals surface area contributed by atoms with Crippen LogP contribution >= 0.6 is 0 Å². The maximum absolute atomic E-state index is 10.4. The van der Waals surface area contributed by atoms with Gasteiger partial charge in [-0.25, -0.2) is 9.78 Å². The number of aliphatic carboxylic acids is 1. The van der Waals surface area contributed by atoms with Crippen LogP contribution in [-0.4, -0.2) is 33.8 Å². The summed E-state index contributed by atoms with van der Waals surface area (Å²) in [4.78, 5) is 14.4. The van der Waals surface area contributed by atoms with Crippen molar-refractivity contribution in [2.24, 2.45) is 5.73 Å². The highest BCUT2D eigenvalue weighted by Crippen LogP contribution is 2.20. The first kappa shape index (κ1) is 13.1. The van der Waals surface area contributed by atoms with Crippen LogP contribution in [0, 0.1) is 0 Å². The summed E-state index contributed by atoms with van der Waals surface area (Å²) in [6.07, 6.45) is 5.27. The lowest BCUT2D eigenvalue weighted by atomic mass is 10.1. The highest BCUT2D eigenvalue weighted by atomic mass is 16.5. The summed E-state index contributed by atoms with van der Waals surface area (Å²) in [5, 5.41) is 8.53. The smallest absolute Gasteiger partial charge is 0.341 e. The monoisotopic (exact) mass is 261 g/mol. The van der Waals surface area contributed by atoms with E-state index in [2.05, 4.69) is 4.98 Å². The molecule has 1 aromatic carbocycles. The van der Waals surface area contributed by atoms with Gasteiger partial charge < -0.3 is 20.1 Å². The molecule has 6 heteroatoms. The fraction of sp³-hybridized carbons (Fsp3) is 0.231. The summed E-state index contributed by atoms with van der Waals surface area (Å²) in [5.41, 5.74) is 6.79. The van der Waals surface area contributed by atoms with Crippen molar-refractivity contribution >= 4 is 5.97 Å². The van der Waals surface area contributed by atoms with Crippen molar-refractivity contribution in [3.8, 4) is 5.75 Å². The number of hydrogen-bond donors (Lipinski definition) is 2. The molecule has 2 rings (SSSR count). The van der Waals surface area contributed by atoms with Crippen LogP contribution in [-0.2, 0) is 4.79 Å². The quantitative estimate of drug-likeness (QED) is 0.806. The number of nitrogens with two attached hydrogens (primary N) is 1. The second kappa shape index (κ2) is 6.01. The van der Waals surface area contributed by atoms with E-state index >= 15 is 0 Å². The van der Waals surface area contributed by atoms with Crippen molar-refractivity contribution in [1.29, 1.82) is 0 Å². The van der Waals surface area contributed by atoms with Crippen LogP contribution in [0.3, 0.4) is 0 Å². The van der Waals surface area contributed by atoms with Gasteiger partial charge in [0, 0.05) is 18.9 Å². The number of carboxylic acids is 1. The molecule has 1 unspecified atom stereocenters. The minimum atomic E-state index is -0.998. The van der Waals surface area contributed by atoms with Gasteiger partial charge >= 0.3 is 5.97 Å². The first-order valence-corrected chi connectivity index (χ1v) is 5.82. The number of benzene rings is 1. The van der Waals surface area contributed by atoms with Gasteiger partial charge in [0.2, 0.25) is 0 Å². The average Bonchev–Trinajstić information content (AvgIpc) is 2.92. The molecule has 6 nitrogen and oxygen atoms in total. The molecule has 2 aromatic rings. The Labute approximate surface area is 110 Å². The molecule has 0 bridgehead atoms. The van der Waals surface area contributed by atoms with Gasteiger partial charge in [-0.3, -0.25) is 0 Å². The number of aromatic nitrogens is 2. The van der Waals surface area contributed by atoms with Crippen molar-refractivity contribution in [3.05, 3.63) is 48.5 Å². The molecule has 0 aliphatic rings. The molecule has 0 saturated carbocycles. The van der Waals surface area contributed by atoms with Crippen LogP contribution in [0.25, 0.3) is 0 Å². The third-order valence-corrected chi connectivity index (χ3v) is 2.74. The fourth-order valence-electron chi connectivity index (χ4n) is 1.81. The Morgan fingerprint density at radius 2 is 2.16 bits per heavy atom. The largest absolute Gasteiger partial charge is 0.482 e. The van der Waals surface area contributed by atoms with E-state index < -0.39 is 5.97 Å². The number of imidazole rings is 1.